The number of hydrogen-bond acceptors (Lipinski definition) is 3. The fourth-order valence-corrected chi connectivity index (χ4v) is 3.60. The van der Waals surface area contributed by atoms with E-state index in [-0.39, 0.29) is 5.03 Å². The lowest BCUT2D eigenvalue weighted by Gasteiger charge is -1.95. The van der Waals surface area contributed by atoms with Crippen molar-refractivity contribution >= 4 is 42.3 Å². The Kier molecular flexibility index (Phi) is 2.45. The zero-order chi connectivity index (χ0) is 8.65. The molecule has 0 bridgehead atoms. The van der Waals surface area contributed by atoms with E-state index in [1.165, 1.54) is 17.9 Å². The Morgan fingerprint density at radius 3 is 2.45 bits per heavy atom. The first kappa shape index (κ1) is 9.27. The molecule has 0 aromatic carbocycles. The molecule has 0 atom stereocenters. The SMILES string of the molecule is Cn1ncc(I)c1S(=O)(=O)Cl. The molecule has 0 saturated heterocycles. The van der Waals surface area contributed by atoms with E-state index < -0.39 is 9.05 Å². The summed E-state index contributed by atoms with van der Waals surface area (Å²) in [5, 5.41) is 3.77. The van der Waals surface area contributed by atoms with Crippen molar-refractivity contribution in [3.63, 3.8) is 0 Å². The van der Waals surface area contributed by atoms with Gasteiger partial charge in [-0.3, -0.25) is 4.68 Å². The van der Waals surface area contributed by atoms with Gasteiger partial charge in [0.2, 0.25) is 0 Å². The summed E-state index contributed by atoms with van der Waals surface area (Å²) in [5.41, 5.74) is 0. The van der Waals surface area contributed by atoms with Crippen LogP contribution >= 0.6 is 33.3 Å². The normalized spacial score (nSPS) is 11.9. The van der Waals surface area contributed by atoms with Gasteiger partial charge in [-0.2, -0.15) is 5.10 Å². The van der Waals surface area contributed by atoms with Gasteiger partial charge < -0.3 is 0 Å². The van der Waals surface area contributed by atoms with E-state index in [1.54, 1.807) is 0 Å². The van der Waals surface area contributed by atoms with Gasteiger partial charge in [0, 0.05) is 17.7 Å². The van der Waals surface area contributed by atoms with Crippen molar-refractivity contribution in [3.05, 3.63) is 9.77 Å². The van der Waals surface area contributed by atoms with E-state index in [2.05, 4.69) is 5.10 Å². The Bertz CT molecular complexity index is 352. The van der Waals surface area contributed by atoms with E-state index in [0.29, 0.717) is 3.57 Å². The number of aryl methyl sites for hydroxylation is 1. The molecular formula is C4H4ClIN2O2S. The van der Waals surface area contributed by atoms with Crippen LogP contribution in [-0.4, -0.2) is 18.2 Å². The lowest BCUT2D eigenvalue weighted by atomic mass is 10.7. The fraction of sp³-hybridized carbons (Fsp3) is 0.250. The molecule has 0 spiro atoms. The minimum Gasteiger partial charge on any atom is -0.255 e. The molecule has 0 aliphatic heterocycles. The number of nitrogens with zero attached hydrogens (tertiary/aromatic N) is 2. The van der Waals surface area contributed by atoms with Crippen molar-refractivity contribution in [3.8, 4) is 0 Å². The van der Waals surface area contributed by atoms with Crippen molar-refractivity contribution in [2.75, 3.05) is 0 Å². The second-order valence-corrected chi connectivity index (χ2v) is 5.50. The first-order chi connectivity index (χ1) is 4.93. The summed E-state index contributed by atoms with van der Waals surface area (Å²) in [6.07, 6.45) is 1.44. The van der Waals surface area contributed by atoms with Crippen LogP contribution in [0.1, 0.15) is 0 Å². The van der Waals surface area contributed by atoms with Crippen LogP contribution in [0.15, 0.2) is 11.2 Å². The molecule has 0 saturated carbocycles. The summed E-state index contributed by atoms with van der Waals surface area (Å²) in [7, 11) is 2.99. The molecule has 1 aromatic heterocycles. The highest BCUT2D eigenvalue weighted by Crippen LogP contribution is 2.19. The second-order valence-electron chi connectivity index (χ2n) is 1.86. The smallest absolute Gasteiger partial charge is 0.255 e. The molecule has 7 heteroatoms. The zero-order valence-corrected chi connectivity index (χ0v) is 9.18. The summed E-state index contributed by atoms with van der Waals surface area (Å²) < 4.78 is 23.4. The first-order valence-corrected chi connectivity index (χ1v) is 5.94. The Morgan fingerprint density at radius 2 is 2.27 bits per heavy atom. The molecule has 0 unspecified atom stereocenters. The van der Waals surface area contributed by atoms with Crippen molar-refractivity contribution in [2.45, 2.75) is 5.03 Å². The molecule has 0 aliphatic carbocycles. The van der Waals surface area contributed by atoms with Crippen LogP contribution in [0, 0.1) is 3.57 Å². The first-order valence-electron chi connectivity index (χ1n) is 2.55. The van der Waals surface area contributed by atoms with Gasteiger partial charge in [-0.05, 0) is 22.6 Å². The third kappa shape index (κ3) is 1.85. The molecule has 1 rings (SSSR count). The van der Waals surface area contributed by atoms with Gasteiger partial charge in [-0.15, -0.1) is 0 Å². The highest BCUT2D eigenvalue weighted by molar-refractivity contribution is 14.1. The van der Waals surface area contributed by atoms with Gasteiger partial charge in [0.1, 0.15) is 0 Å². The van der Waals surface area contributed by atoms with Crippen LogP contribution < -0.4 is 0 Å². The van der Waals surface area contributed by atoms with Crippen molar-refractivity contribution < 1.29 is 8.42 Å². The van der Waals surface area contributed by atoms with Gasteiger partial charge in [0.05, 0.1) is 9.77 Å². The van der Waals surface area contributed by atoms with Crippen LogP contribution in [0.3, 0.4) is 0 Å². The highest BCUT2D eigenvalue weighted by Gasteiger charge is 2.18. The molecule has 0 amide bonds. The maximum absolute atomic E-state index is 10.8. The highest BCUT2D eigenvalue weighted by atomic mass is 127. The van der Waals surface area contributed by atoms with E-state index >= 15 is 0 Å². The summed E-state index contributed by atoms with van der Waals surface area (Å²) in [6.45, 7) is 0. The van der Waals surface area contributed by atoms with E-state index in [9.17, 15) is 8.42 Å². The fourth-order valence-electron chi connectivity index (χ4n) is 0.674. The third-order valence-electron chi connectivity index (χ3n) is 1.07. The lowest BCUT2D eigenvalue weighted by molar-refractivity contribution is 0.589. The van der Waals surface area contributed by atoms with Gasteiger partial charge in [-0.25, -0.2) is 8.42 Å². The predicted octanol–water partition coefficient (Wildman–Crippen LogP) is 0.952. The zero-order valence-electron chi connectivity index (χ0n) is 5.45. The minimum atomic E-state index is -3.66. The maximum Gasteiger partial charge on any atom is 0.279 e. The van der Waals surface area contributed by atoms with Crippen molar-refractivity contribution in [1.29, 1.82) is 0 Å². The Morgan fingerprint density at radius 1 is 1.73 bits per heavy atom. The summed E-state index contributed by atoms with van der Waals surface area (Å²) in [4.78, 5) is 0. The van der Waals surface area contributed by atoms with Gasteiger partial charge in [0.25, 0.3) is 9.05 Å². The quantitative estimate of drug-likeness (QED) is 0.573. The average molecular weight is 307 g/mol. The minimum absolute atomic E-state index is 0.0415. The van der Waals surface area contributed by atoms with Crippen molar-refractivity contribution in [2.24, 2.45) is 7.05 Å². The van der Waals surface area contributed by atoms with Crippen LogP contribution in [0.25, 0.3) is 0 Å². The van der Waals surface area contributed by atoms with E-state index in [0.717, 1.165) is 0 Å². The summed E-state index contributed by atoms with van der Waals surface area (Å²) in [5.74, 6) is 0. The molecule has 0 aliphatic rings. The standard InChI is InChI=1S/C4H4ClIN2O2S/c1-8-4(11(5,9)10)3(6)2-7-8/h2H,1H3. The molecular weight excluding hydrogens is 302 g/mol. The molecule has 1 heterocycles. The van der Waals surface area contributed by atoms with E-state index in [1.807, 2.05) is 22.6 Å². The molecule has 11 heavy (non-hydrogen) atoms. The van der Waals surface area contributed by atoms with Gasteiger partial charge >= 0.3 is 0 Å². The van der Waals surface area contributed by atoms with Crippen LogP contribution in [0.5, 0.6) is 0 Å². The Hall–Kier alpha value is 0.180. The monoisotopic (exact) mass is 306 g/mol. The largest absolute Gasteiger partial charge is 0.279 e. The predicted molar refractivity (Wildman–Crippen MR) is 49.0 cm³/mol. The Balaban J connectivity index is 3.45. The molecule has 0 radical (unpaired) electrons. The molecule has 0 fully saturated rings. The van der Waals surface area contributed by atoms with Crippen molar-refractivity contribution in [1.82, 2.24) is 9.78 Å². The topological polar surface area (TPSA) is 52.0 Å². The lowest BCUT2D eigenvalue weighted by Crippen LogP contribution is -2.02. The number of aromatic nitrogens is 2. The van der Waals surface area contributed by atoms with Crippen LogP contribution in [0.4, 0.5) is 0 Å². The van der Waals surface area contributed by atoms with Crippen LogP contribution in [-0.2, 0) is 16.1 Å². The number of halogens is 2. The Labute approximate surface area is 82.1 Å². The molecule has 62 valence electrons. The third-order valence-corrected chi connectivity index (χ3v) is 3.61. The molecule has 0 N–H and O–H groups in total. The maximum atomic E-state index is 10.8. The molecule has 4 nitrogen and oxygen atoms in total. The summed E-state index contributed by atoms with van der Waals surface area (Å²) in [6, 6.07) is 0. The average Bonchev–Trinajstić information content (AvgIpc) is 2.08. The van der Waals surface area contributed by atoms with Gasteiger partial charge in [0.15, 0.2) is 5.03 Å². The number of hydrogen-bond donors (Lipinski definition) is 0. The summed E-state index contributed by atoms with van der Waals surface area (Å²) >= 11 is 1.86. The van der Waals surface area contributed by atoms with E-state index in [4.69, 9.17) is 10.7 Å². The second kappa shape index (κ2) is 2.91. The van der Waals surface area contributed by atoms with Gasteiger partial charge in [-0.1, -0.05) is 0 Å². The number of rotatable bonds is 1. The van der Waals surface area contributed by atoms with Crippen LogP contribution in [0.2, 0.25) is 0 Å². The molecule has 1 aromatic rings.